The van der Waals surface area contributed by atoms with E-state index in [-0.39, 0.29) is 17.9 Å². The van der Waals surface area contributed by atoms with E-state index in [4.69, 9.17) is 16.3 Å². The van der Waals surface area contributed by atoms with Gasteiger partial charge in [-0.1, -0.05) is 11.6 Å². The zero-order chi connectivity index (χ0) is 15.4. The number of nitrogens with zero attached hydrogens (tertiary/aromatic N) is 2. The first-order valence-corrected chi connectivity index (χ1v) is 7.48. The summed E-state index contributed by atoms with van der Waals surface area (Å²) in [6.45, 7) is 1.16. The molecule has 0 aromatic carbocycles. The van der Waals surface area contributed by atoms with Crippen molar-refractivity contribution in [2.75, 3.05) is 13.2 Å². The standard InChI is InChI=1S/C16H16ClN3O2/c17-14-6-12(7-19-8-14)16(21)20-15-10-22-9-13(15)5-11-1-3-18-4-2-11/h1-4,6-8,13,15H,5,9-10H2,(H,20,21)/t13-,15-/m1/s1. The molecular weight excluding hydrogens is 302 g/mol. The molecule has 1 aliphatic rings. The summed E-state index contributed by atoms with van der Waals surface area (Å²) in [5, 5.41) is 3.46. The van der Waals surface area contributed by atoms with Crippen LogP contribution in [0, 0.1) is 5.92 Å². The fraction of sp³-hybridized carbons (Fsp3) is 0.312. The van der Waals surface area contributed by atoms with E-state index >= 15 is 0 Å². The van der Waals surface area contributed by atoms with Crippen molar-refractivity contribution in [2.45, 2.75) is 12.5 Å². The van der Waals surface area contributed by atoms with Gasteiger partial charge in [-0.25, -0.2) is 0 Å². The Balaban J connectivity index is 1.65. The second kappa shape index (κ2) is 6.85. The summed E-state index contributed by atoms with van der Waals surface area (Å²) in [5.41, 5.74) is 1.65. The Bertz CT molecular complexity index is 651. The number of pyridine rings is 2. The molecule has 3 rings (SSSR count). The number of hydrogen-bond acceptors (Lipinski definition) is 4. The van der Waals surface area contributed by atoms with Crippen LogP contribution in [0.15, 0.2) is 43.0 Å². The number of amides is 1. The molecule has 1 N–H and O–H groups in total. The zero-order valence-electron chi connectivity index (χ0n) is 11.9. The normalized spacial score (nSPS) is 20.8. The third kappa shape index (κ3) is 3.61. The van der Waals surface area contributed by atoms with Crippen LogP contribution < -0.4 is 5.32 Å². The molecule has 1 fully saturated rings. The van der Waals surface area contributed by atoms with Crippen LogP contribution in [0.5, 0.6) is 0 Å². The maximum absolute atomic E-state index is 12.3. The predicted octanol–water partition coefficient (Wildman–Crippen LogP) is 2.12. The quantitative estimate of drug-likeness (QED) is 0.938. The number of halogens is 1. The van der Waals surface area contributed by atoms with Crippen LogP contribution in [0.4, 0.5) is 0 Å². The van der Waals surface area contributed by atoms with Crippen LogP contribution in [0.25, 0.3) is 0 Å². The Morgan fingerprint density at radius 3 is 2.86 bits per heavy atom. The van der Waals surface area contributed by atoms with Crippen LogP contribution in [-0.4, -0.2) is 35.1 Å². The lowest BCUT2D eigenvalue weighted by molar-refractivity contribution is 0.0924. The van der Waals surface area contributed by atoms with E-state index < -0.39 is 0 Å². The predicted molar refractivity (Wildman–Crippen MR) is 82.8 cm³/mol. The Morgan fingerprint density at radius 2 is 2.09 bits per heavy atom. The lowest BCUT2D eigenvalue weighted by Crippen LogP contribution is -2.40. The summed E-state index contributed by atoms with van der Waals surface area (Å²) in [4.78, 5) is 20.2. The van der Waals surface area contributed by atoms with Crippen molar-refractivity contribution in [1.29, 1.82) is 0 Å². The Labute approximate surface area is 133 Å². The molecule has 5 nitrogen and oxygen atoms in total. The van der Waals surface area contributed by atoms with Gasteiger partial charge in [0.1, 0.15) is 0 Å². The molecule has 2 aromatic heterocycles. The third-order valence-corrected chi connectivity index (χ3v) is 3.94. The van der Waals surface area contributed by atoms with Gasteiger partial charge in [-0.3, -0.25) is 14.8 Å². The largest absolute Gasteiger partial charge is 0.379 e. The molecular formula is C16H16ClN3O2. The summed E-state index contributed by atoms with van der Waals surface area (Å²) in [6.07, 6.45) is 7.41. The minimum absolute atomic E-state index is 0.0142. The number of nitrogens with one attached hydrogen (secondary N) is 1. The van der Waals surface area contributed by atoms with E-state index in [0.29, 0.717) is 23.8 Å². The highest BCUT2D eigenvalue weighted by Crippen LogP contribution is 2.19. The van der Waals surface area contributed by atoms with Crippen molar-refractivity contribution in [1.82, 2.24) is 15.3 Å². The Hall–Kier alpha value is -1.98. The van der Waals surface area contributed by atoms with Gasteiger partial charge in [0.05, 0.1) is 29.8 Å². The summed E-state index contributed by atoms with van der Waals surface area (Å²) in [7, 11) is 0. The monoisotopic (exact) mass is 317 g/mol. The molecule has 22 heavy (non-hydrogen) atoms. The average Bonchev–Trinajstić information content (AvgIpc) is 2.95. The van der Waals surface area contributed by atoms with Crippen molar-refractivity contribution in [3.8, 4) is 0 Å². The van der Waals surface area contributed by atoms with Crippen molar-refractivity contribution in [3.05, 3.63) is 59.1 Å². The molecule has 3 heterocycles. The van der Waals surface area contributed by atoms with E-state index in [1.54, 1.807) is 18.5 Å². The van der Waals surface area contributed by atoms with Crippen LogP contribution >= 0.6 is 11.6 Å². The highest BCUT2D eigenvalue weighted by molar-refractivity contribution is 6.30. The molecule has 1 aliphatic heterocycles. The minimum atomic E-state index is -0.176. The van der Waals surface area contributed by atoms with Crippen LogP contribution in [0.1, 0.15) is 15.9 Å². The van der Waals surface area contributed by atoms with Gasteiger partial charge < -0.3 is 10.1 Å². The summed E-state index contributed by atoms with van der Waals surface area (Å²) >= 11 is 5.87. The van der Waals surface area contributed by atoms with E-state index in [0.717, 1.165) is 6.42 Å². The summed E-state index contributed by atoms with van der Waals surface area (Å²) < 4.78 is 5.53. The molecule has 0 radical (unpaired) electrons. The van der Waals surface area contributed by atoms with Gasteiger partial charge in [-0.15, -0.1) is 0 Å². The highest BCUT2D eigenvalue weighted by Gasteiger charge is 2.30. The molecule has 2 atom stereocenters. The van der Waals surface area contributed by atoms with Crippen molar-refractivity contribution in [2.24, 2.45) is 5.92 Å². The minimum Gasteiger partial charge on any atom is -0.379 e. The summed E-state index contributed by atoms with van der Waals surface area (Å²) in [5.74, 6) is 0.0729. The number of hydrogen-bond donors (Lipinski definition) is 1. The number of carbonyl (C=O) groups excluding carboxylic acids is 1. The van der Waals surface area contributed by atoms with Crippen LogP contribution in [0.2, 0.25) is 5.02 Å². The van der Waals surface area contributed by atoms with Gasteiger partial charge >= 0.3 is 0 Å². The second-order valence-corrected chi connectivity index (χ2v) is 5.77. The van der Waals surface area contributed by atoms with E-state index in [1.807, 2.05) is 12.1 Å². The van der Waals surface area contributed by atoms with E-state index in [1.165, 1.54) is 18.0 Å². The average molecular weight is 318 g/mol. The smallest absolute Gasteiger partial charge is 0.253 e. The third-order valence-electron chi connectivity index (χ3n) is 3.73. The number of carbonyl (C=O) groups is 1. The first-order chi connectivity index (χ1) is 10.7. The number of ether oxygens (including phenoxy) is 1. The van der Waals surface area contributed by atoms with Crippen LogP contribution in [-0.2, 0) is 11.2 Å². The van der Waals surface area contributed by atoms with Gasteiger partial charge in [0.2, 0.25) is 0 Å². The Kier molecular flexibility index (Phi) is 4.65. The zero-order valence-corrected chi connectivity index (χ0v) is 12.7. The van der Waals surface area contributed by atoms with Crippen molar-refractivity contribution >= 4 is 17.5 Å². The van der Waals surface area contributed by atoms with Crippen molar-refractivity contribution < 1.29 is 9.53 Å². The molecule has 0 saturated carbocycles. The maximum Gasteiger partial charge on any atom is 0.253 e. The first kappa shape index (κ1) is 14.9. The molecule has 6 heteroatoms. The molecule has 1 amide bonds. The fourth-order valence-electron chi connectivity index (χ4n) is 2.57. The van der Waals surface area contributed by atoms with Gasteiger partial charge in [0.15, 0.2) is 0 Å². The molecule has 0 aliphatic carbocycles. The Morgan fingerprint density at radius 1 is 1.27 bits per heavy atom. The van der Waals surface area contributed by atoms with Gasteiger partial charge in [0.25, 0.3) is 5.91 Å². The van der Waals surface area contributed by atoms with Gasteiger partial charge in [-0.05, 0) is 30.2 Å². The fourth-order valence-corrected chi connectivity index (χ4v) is 2.74. The van der Waals surface area contributed by atoms with Gasteiger partial charge in [0, 0.05) is 30.7 Å². The van der Waals surface area contributed by atoms with E-state index in [9.17, 15) is 4.79 Å². The molecule has 114 valence electrons. The molecule has 0 bridgehead atoms. The highest BCUT2D eigenvalue weighted by atomic mass is 35.5. The number of aromatic nitrogens is 2. The van der Waals surface area contributed by atoms with E-state index in [2.05, 4.69) is 15.3 Å². The lowest BCUT2D eigenvalue weighted by atomic mass is 9.95. The van der Waals surface area contributed by atoms with Gasteiger partial charge in [-0.2, -0.15) is 0 Å². The van der Waals surface area contributed by atoms with Crippen molar-refractivity contribution in [3.63, 3.8) is 0 Å². The second-order valence-electron chi connectivity index (χ2n) is 5.33. The molecule has 0 unspecified atom stereocenters. The summed E-state index contributed by atoms with van der Waals surface area (Å²) in [6, 6.07) is 5.56. The lowest BCUT2D eigenvalue weighted by Gasteiger charge is -2.19. The SMILES string of the molecule is O=C(N[C@@H]1COC[C@H]1Cc1ccncc1)c1cncc(Cl)c1. The first-order valence-electron chi connectivity index (χ1n) is 7.10. The van der Waals surface area contributed by atoms with Crippen LogP contribution in [0.3, 0.4) is 0 Å². The molecule has 1 saturated heterocycles. The molecule has 0 spiro atoms. The maximum atomic E-state index is 12.3. The number of rotatable bonds is 4. The molecule has 2 aromatic rings. The topological polar surface area (TPSA) is 64.1 Å².